The first-order chi connectivity index (χ1) is 7.82. The number of rotatable bonds is 1. The maximum absolute atomic E-state index is 12.7. The Hall–Kier alpha value is -0.900. The summed E-state index contributed by atoms with van der Waals surface area (Å²) in [6.45, 7) is 4.76. The molecule has 0 saturated heterocycles. The van der Waals surface area contributed by atoms with Gasteiger partial charge in [-0.2, -0.15) is 13.2 Å². The molecule has 1 heterocycles. The van der Waals surface area contributed by atoms with Gasteiger partial charge in [0.05, 0.1) is 10.6 Å². The second kappa shape index (κ2) is 4.09. The lowest BCUT2D eigenvalue weighted by molar-refractivity contribution is -0.137. The van der Waals surface area contributed by atoms with Crippen LogP contribution in [0.15, 0.2) is 12.1 Å². The third-order valence-corrected chi connectivity index (χ3v) is 3.49. The second-order valence-electron chi connectivity index (χ2n) is 4.46. The van der Waals surface area contributed by atoms with Crippen molar-refractivity contribution in [3.8, 4) is 0 Å². The highest BCUT2D eigenvalue weighted by atomic mass is 35.5. The molecule has 0 saturated carbocycles. The van der Waals surface area contributed by atoms with Crippen LogP contribution >= 0.6 is 11.6 Å². The van der Waals surface area contributed by atoms with Crippen molar-refractivity contribution in [1.29, 1.82) is 0 Å². The fourth-order valence-electron chi connectivity index (χ4n) is 2.23. The minimum atomic E-state index is -4.38. The Morgan fingerprint density at radius 2 is 1.94 bits per heavy atom. The summed E-state index contributed by atoms with van der Waals surface area (Å²) in [4.78, 5) is 2.07. The van der Waals surface area contributed by atoms with Gasteiger partial charge >= 0.3 is 6.18 Å². The normalized spacial score (nSPS) is 15.6. The summed E-state index contributed by atoms with van der Waals surface area (Å²) >= 11 is 5.86. The topological polar surface area (TPSA) is 3.24 Å². The molecule has 0 N–H and O–H groups in total. The lowest BCUT2D eigenvalue weighted by atomic mass is 10.1. The van der Waals surface area contributed by atoms with Crippen LogP contribution in [-0.4, -0.2) is 12.6 Å². The van der Waals surface area contributed by atoms with E-state index in [1.807, 2.05) is 13.8 Å². The zero-order chi connectivity index (χ0) is 12.8. The van der Waals surface area contributed by atoms with E-state index in [2.05, 4.69) is 4.90 Å². The molecule has 2 rings (SSSR count). The van der Waals surface area contributed by atoms with E-state index in [4.69, 9.17) is 11.6 Å². The molecule has 1 aromatic carbocycles. The minimum absolute atomic E-state index is 0.141. The predicted molar refractivity (Wildman–Crippen MR) is 62.6 cm³/mol. The Morgan fingerprint density at radius 3 is 2.47 bits per heavy atom. The number of fused-ring (bicyclic) bond motifs is 1. The summed E-state index contributed by atoms with van der Waals surface area (Å²) in [5.41, 5.74) is 0.719. The Balaban J connectivity index is 2.49. The Labute approximate surface area is 103 Å². The molecular weight excluding hydrogens is 251 g/mol. The Kier molecular flexibility index (Phi) is 3.02. The first-order valence-corrected chi connectivity index (χ1v) is 5.85. The molecule has 0 aromatic heterocycles. The van der Waals surface area contributed by atoms with Crippen LogP contribution in [0.25, 0.3) is 0 Å². The van der Waals surface area contributed by atoms with Gasteiger partial charge in [0, 0.05) is 18.3 Å². The first kappa shape index (κ1) is 12.6. The smallest absolute Gasteiger partial charge is 0.369 e. The SMILES string of the molecule is CC(C)N1CCc2c1ccc(C(F)(F)F)c2Cl. The van der Waals surface area contributed by atoms with Crippen LogP contribution in [0, 0.1) is 0 Å². The molecule has 0 fully saturated rings. The number of nitrogens with zero attached hydrogens (tertiary/aromatic N) is 1. The van der Waals surface area contributed by atoms with Gasteiger partial charge in [-0.3, -0.25) is 0 Å². The quantitative estimate of drug-likeness (QED) is 0.736. The van der Waals surface area contributed by atoms with E-state index in [1.54, 1.807) is 0 Å². The lowest BCUT2D eigenvalue weighted by Gasteiger charge is -2.24. The van der Waals surface area contributed by atoms with Crippen molar-refractivity contribution in [2.45, 2.75) is 32.5 Å². The number of benzene rings is 1. The van der Waals surface area contributed by atoms with Gasteiger partial charge in [0.25, 0.3) is 0 Å². The van der Waals surface area contributed by atoms with Crippen molar-refractivity contribution in [3.05, 3.63) is 28.3 Å². The molecule has 0 amide bonds. The van der Waals surface area contributed by atoms with Crippen LogP contribution in [0.4, 0.5) is 18.9 Å². The van der Waals surface area contributed by atoms with Crippen LogP contribution in [0.1, 0.15) is 25.0 Å². The summed E-state index contributed by atoms with van der Waals surface area (Å²) < 4.78 is 38.0. The molecule has 1 aliphatic rings. The van der Waals surface area contributed by atoms with Gasteiger partial charge in [-0.15, -0.1) is 0 Å². The van der Waals surface area contributed by atoms with E-state index >= 15 is 0 Å². The summed E-state index contributed by atoms with van der Waals surface area (Å²) in [6, 6.07) is 2.86. The molecule has 5 heteroatoms. The highest BCUT2D eigenvalue weighted by Crippen LogP contribution is 2.42. The average Bonchev–Trinajstić information content (AvgIpc) is 2.60. The molecule has 0 radical (unpaired) electrons. The zero-order valence-corrected chi connectivity index (χ0v) is 10.4. The van der Waals surface area contributed by atoms with E-state index in [-0.39, 0.29) is 11.1 Å². The van der Waals surface area contributed by atoms with Crippen LogP contribution in [0.2, 0.25) is 5.02 Å². The molecule has 0 bridgehead atoms. The van der Waals surface area contributed by atoms with Crippen molar-refractivity contribution < 1.29 is 13.2 Å². The first-order valence-electron chi connectivity index (χ1n) is 5.47. The summed E-state index contributed by atoms with van der Waals surface area (Å²) in [5, 5.41) is -0.141. The van der Waals surface area contributed by atoms with Crippen molar-refractivity contribution in [3.63, 3.8) is 0 Å². The van der Waals surface area contributed by atoms with Gasteiger partial charge in [-0.25, -0.2) is 0 Å². The minimum Gasteiger partial charge on any atom is -0.369 e. The van der Waals surface area contributed by atoms with Gasteiger partial charge in [0.2, 0.25) is 0 Å². The molecule has 0 aliphatic carbocycles. The van der Waals surface area contributed by atoms with Gasteiger partial charge in [0.1, 0.15) is 0 Å². The Morgan fingerprint density at radius 1 is 1.29 bits per heavy atom. The van der Waals surface area contributed by atoms with Crippen molar-refractivity contribution in [1.82, 2.24) is 0 Å². The monoisotopic (exact) mass is 263 g/mol. The standard InChI is InChI=1S/C12H13ClF3N/c1-7(2)17-6-5-8-10(17)4-3-9(11(8)13)12(14,15)16/h3-4,7H,5-6H2,1-2H3. The fraction of sp³-hybridized carbons (Fsp3) is 0.500. The summed E-state index contributed by atoms with van der Waals surface area (Å²) in [7, 11) is 0. The molecular formula is C12H13ClF3N. The fourth-order valence-corrected chi connectivity index (χ4v) is 2.59. The highest BCUT2D eigenvalue weighted by Gasteiger charge is 2.36. The van der Waals surface area contributed by atoms with Crippen LogP contribution in [-0.2, 0) is 12.6 Å². The number of hydrogen-bond acceptors (Lipinski definition) is 1. The molecule has 17 heavy (non-hydrogen) atoms. The molecule has 1 aromatic rings. The summed E-state index contributed by atoms with van der Waals surface area (Å²) in [6.07, 6.45) is -3.80. The Bertz CT molecular complexity index is 440. The number of halogens is 4. The average molecular weight is 264 g/mol. The van der Waals surface area contributed by atoms with Gasteiger partial charge in [-0.05, 0) is 38.0 Å². The van der Waals surface area contributed by atoms with Crippen LogP contribution < -0.4 is 4.90 Å². The zero-order valence-electron chi connectivity index (χ0n) is 9.61. The van der Waals surface area contributed by atoms with E-state index in [0.717, 1.165) is 18.3 Å². The number of anilines is 1. The summed E-state index contributed by atoms with van der Waals surface area (Å²) in [5.74, 6) is 0. The lowest BCUT2D eigenvalue weighted by Crippen LogP contribution is -2.28. The second-order valence-corrected chi connectivity index (χ2v) is 4.84. The van der Waals surface area contributed by atoms with Crippen molar-refractivity contribution in [2.75, 3.05) is 11.4 Å². The molecule has 1 aliphatic heterocycles. The largest absolute Gasteiger partial charge is 0.417 e. The van der Waals surface area contributed by atoms with Gasteiger partial charge < -0.3 is 4.90 Å². The molecule has 0 spiro atoms. The molecule has 1 nitrogen and oxygen atoms in total. The van der Waals surface area contributed by atoms with E-state index in [9.17, 15) is 13.2 Å². The highest BCUT2D eigenvalue weighted by molar-refractivity contribution is 6.32. The number of alkyl halides is 3. The van der Waals surface area contributed by atoms with Gasteiger partial charge in [0.15, 0.2) is 0 Å². The van der Waals surface area contributed by atoms with Crippen LogP contribution in [0.5, 0.6) is 0 Å². The number of hydrogen-bond donors (Lipinski definition) is 0. The maximum atomic E-state index is 12.7. The van der Waals surface area contributed by atoms with E-state index < -0.39 is 11.7 Å². The van der Waals surface area contributed by atoms with Gasteiger partial charge in [-0.1, -0.05) is 11.6 Å². The van der Waals surface area contributed by atoms with Crippen molar-refractivity contribution in [2.24, 2.45) is 0 Å². The van der Waals surface area contributed by atoms with E-state index in [1.165, 1.54) is 6.07 Å². The van der Waals surface area contributed by atoms with E-state index in [0.29, 0.717) is 12.0 Å². The van der Waals surface area contributed by atoms with Crippen molar-refractivity contribution >= 4 is 17.3 Å². The third-order valence-electron chi connectivity index (χ3n) is 3.06. The molecule has 94 valence electrons. The molecule has 0 unspecified atom stereocenters. The van der Waals surface area contributed by atoms with Crippen LogP contribution in [0.3, 0.4) is 0 Å². The maximum Gasteiger partial charge on any atom is 0.417 e. The third kappa shape index (κ3) is 2.10. The predicted octanol–water partition coefficient (Wildman–Crippen LogP) is 4.13. The molecule has 0 atom stereocenters.